The SMILES string of the molecule is c1cc(N2CCOCC2)ncc1NC1C2CCOC2C12CCC2. The van der Waals surface area contributed by atoms with Crippen molar-refractivity contribution in [2.24, 2.45) is 11.3 Å². The van der Waals surface area contributed by atoms with Gasteiger partial charge in [0, 0.05) is 37.1 Å². The van der Waals surface area contributed by atoms with Crippen LogP contribution in [0, 0.1) is 11.3 Å². The largest absolute Gasteiger partial charge is 0.380 e. The molecule has 1 aromatic heterocycles. The molecule has 5 nitrogen and oxygen atoms in total. The molecule has 3 unspecified atom stereocenters. The van der Waals surface area contributed by atoms with Crippen molar-refractivity contribution in [1.82, 2.24) is 4.98 Å². The summed E-state index contributed by atoms with van der Waals surface area (Å²) >= 11 is 0. The van der Waals surface area contributed by atoms with Crippen molar-refractivity contribution < 1.29 is 9.47 Å². The molecule has 124 valence electrons. The van der Waals surface area contributed by atoms with Crippen molar-refractivity contribution in [1.29, 1.82) is 0 Å². The lowest BCUT2D eigenvalue weighted by Crippen LogP contribution is -2.68. The molecule has 5 rings (SSSR count). The predicted octanol–water partition coefficient (Wildman–Crippen LogP) is 2.29. The van der Waals surface area contributed by atoms with Gasteiger partial charge in [0.2, 0.25) is 0 Å². The molecule has 2 aliphatic carbocycles. The van der Waals surface area contributed by atoms with Gasteiger partial charge in [-0.2, -0.15) is 0 Å². The van der Waals surface area contributed by atoms with E-state index < -0.39 is 0 Å². The van der Waals surface area contributed by atoms with E-state index in [-0.39, 0.29) is 0 Å². The number of morpholine rings is 1. The lowest BCUT2D eigenvalue weighted by atomic mass is 9.46. The highest BCUT2D eigenvalue weighted by Crippen LogP contribution is 2.63. The Morgan fingerprint density at radius 1 is 1.17 bits per heavy atom. The topological polar surface area (TPSA) is 46.6 Å². The molecule has 4 fully saturated rings. The minimum Gasteiger partial charge on any atom is -0.380 e. The van der Waals surface area contributed by atoms with Gasteiger partial charge in [-0.15, -0.1) is 0 Å². The third kappa shape index (κ3) is 2.09. The van der Waals surface area contributed by atoms with E-state index in [1.54, 1.807) is 0 Å². The predicted molar refractivity (Wildman–Crippen MR) is 88.8 cm³/mol. The molecule has 0 aromatic carbocycles. The minimum absolute atomic E-state index is 0.421. The van der Waals surface area contributed by atoms with Gasteiger partial charge in [0.1, 0.15) is 5.82 Å². The van der Waals surface area contributed by atoms with Crippen LogP contribution in [0.5, 0.6) is 0 Å². The molecule has 3 heterocycles. The number of nitrogens with zero attached hydrogens (tertiary/aromatic N) is 2. The van der Waals surface area contributed by atoms with Gasteiger partial charge in [0.05, 0.1) is 31.2 Å². The molecule has 5 heteroatoms. The monoisotopic (exact) mass is 315 g/mol. The smallest absolute Gasteiger partial charge is 0.128 e. The Balaban J connectivity index is 1.29. The molecule has 2 saturated carbocycles. The molecular weight excluding hydrogens is 290 g/mol. The maximum absolute atomic E-state index is 6.00. The zero-order valence-electron chi connectivity index (χ0n) is 13.5. The fourth-order valence-corrected chi connectivity index (χ4v) is 5.09. The zero-order valence-corrected chi connectivity index (χ0v) is 13.5. The van der Waals surface area contributed by atoms with Crippen molar-refractivity contribution in [3.05, 3.63) is 18.3 Å². The first-order valence-corrected chi connectivity index (χ1v) is 9.04. The van der Waals surface area contributed by atoms with E-state index in [1.807, 2.05) is 6.20 Å². The summed E-state index contributed by atoms with van der Waals surface area (Å²) in [6, 6.07) is 4.91. The standard InChI is InChI=1S/C18H25N3O2/c1-5-18(6-1)16(14-4-9-23-17(14)18)20-13-2-3-15(19-12-13)21-7-10-22-11-8-21/h2-3,12,14,16-17,20H,1,4-11H2. The van der Waals surface area contributed by atoms with Crippen LogP contribution in [0.2, 0.25) is 0 Å². The number of nitrogens with one attached hydrogen (secondary N) is 1. The summed E-state index contributed by atoms with van der Waals surface area (Å²) in [5, 5.41) is 3.79. The van der Waals surface area contributed by atoms with E-state index in [2.05, 4.69) is 27.3 Å². The van der Waals surface area contributed by atoms with Gasteiger partial charge in [0.25, 0.3) is 0 Å². The van der Waals surface area contributed by atoms with Gasteiger partial charge >= 0.3 is 0 Å². The molecule has 0 bridgehead atoms. The molecule has 2 saturated heterocycles. The van der Waals surface area contributed by atoms with E-state index >= 15 is 0 Å². The summed E-state index contributed by atoms with van der Waals surface area (Å²) in [7, 11) is 0. The van der Waals surface area contributed by atoms with Crippen molar-refractivity contribution in [3.8, 4) is 0 Å². The Hall–Kier alpha value is -1.33. The van der Waals surface area contributed by atoms with Gasteiger partial charge in [-0.3, -0.25) is 0 Å². The number of ether oxygens (including phenoxy) is 2. The number of hydrogen-bond acceptors (Lipinski definition) is 5. The first-order valence-electron chi connectivity index (χ1n) is 9.04. The summed E-state index contributed by atoms with van der Waals surface area (Å²) in [6.07, 6.45) is 7.74. The Labute approximate surface area is 137 Å². The third-order valence-corrected chi connectivity index (χ3v) is 6.44. The molecule has 4 aliphatic rings. The van der Waals surface area contributed by atoms with Crippen LogP contribution in [-0.4, -0.2) is 50.0 Å². The number of hydrogen-bond donors (Lipinski definition) is 1. The highest BCUT2D eigenvalue weighted by Gasteiger charge is 2.66. The molecule has 1 aromatic rings. The highest BCUT2D eigenvalue weighted by atomic mass is 16.5. The summed E-state index contributed by atoms with van der Waals surface area (Å²) in [6.45, 7) is 4.42. The van der Waals surface area contributed by atoms with Gasteiger partial charge in [0.15, 0.2) is 0 Å². The molecule has 3 atom stereocenters. The van der Waals surface area contributed by atoms with Crippen molar-refractivity contribution >= 4 is 11.5 Å². The Morgan fingerprint density at radius 2 is 2.04 bits per heavy atom. The molecule has 0 amide bonds. The average molecular weight is 315 g/mol. The highest BCUT2D eigenvalue weighted by molar-refractivity contribution is 5.50. The van der Waals surface area contributed by atoms with Crippen molar-refractivity contribution in [2.75, 3.05) is 43.1 Å². The maximum Gasteiger partial charge on any atom is 0.128 e. The zero-order chi connectivity index (χ0) is 15.3. The average Bonchev–Trinajstić information content (AvgIpc) is 2.98. The fourth-order valence-electron chi connectivity index (χ4n) is 5.09. The lowest BCUT2D eigenvalue weighted by molar-refractivity contribution is -0.158. The second-order valence-electron chi connectivity index (χ2n) is 7.46. The maximum atomic E-state index is 6.00. The van der Waals surface area contributed by atoms with Gasteiger partial charge in [-0.1, -0.05) is 6.42 Å². The summed E-state index contributed by atoms with van der Waals surface area (Å²) in [5.74, 6) is 1.77. The fraction of sp³-hybridized carbons (Fsp3) is 0.722. The van der Waals surface area contributed by atoms with Gasteiger partial charge < -0.3 is 19.7 Å². The van der Waals surface area contributed by atoms with Gasteiger partial charge in [-0.05, 0) is 31.4 Å². The first kappa shape index (κ1) is 14.1. The molecule has 23 heavy (non-hydrogen) atoms. The van der Waals surface area contributed by atoms with Crippen molar-refractivity contribution in [3.63, 3.8) is 0 Å². The van der Waals surface area contributed by atoms with Crippen LogP contribution in [0.1, 0.15) is 25.7 Å². The van der Waals surface area contributed by atoms with Crippen LogP contribution < -0.4 is 10.2 Å². The second kappa shape index (κ2) is 5.35. The van der Waals surface area contributed by atoms with Crippen LogP contribution in [0.4, 0.5) is 11.5 Å². The van der Waals surface area contributed by atoms with Crippen LogP contribution in [0.3, 0.4) is 0 Å². The van der Waals surface area contributed by atoms with Crippen LogP contribution >= 0.6 is 0 Å². The Morgan fingerprint density at radius 3 is 2.74 bits per heavy atom. The number of anilines is 2. The molecule has 0 radical (unpaired) electrons. The molecule has 2 aliphatic heterocycles. The molecular formula is C18H25N3O2. The van der Waals surface area contributed by atoms with E-state index in [1.165, 1.54) is 25.7 Å². The quantitative estimate of drug-likeness (QED) is 0.927. The normalized spacial score (nSPS) is 34.6. The minimum atomic E-state index is 0.421. The molecule has 1 N–H and O–H groups in total. The van der Waals surface area contributed by atoms with Crippen LogP contribution in [0.25, 0.3) is 0 Å². The summed E-state index contributed by atoms with van der Waals surface area (Å²) in [5.41, 5.74) is 1.58. The number of rotatable bonds is 3. The number of aromatic nitrogens is 1. The summed E-state index contributed by atoms with van der Waals surface area (Å²) in [4.78, 5) is 6.96. The van der Waals surface area contributed by atoms with E-state index in [4.69, 9.17) is 9.47 Å². The van der Waals surface area contributed by atoms with E-state index in [9.17, 15) is 0 Å². The Bertz CT molecular complexity index is 566. The van der Waals surface area contributed by atoms with Crippen LogP contribution in [-0.2, 0) is 9.47 Å². The van der Waals surface area contributed by atoms with E-state index in [0.717, 1.165) is 44.4 Å². The van der Waals surface area contributed by atoms with Gasteiger partial charge in [-0.25, -0.2) is 4.98 Å². The molecule has 1 spiro atoms. The lowest BCUT2D eigenvalue weighted by Gasteiger charge is -2.63. The third-order valence-electron chi connectivity index (χ3n) is 6.44. The van der Waals surface area contributed by atoms with Crippen molar-refractivity contribution in [2.45, 2.75) is 37.8 Å². The summed E-state index contributed by atoms with van der Waals surface area (Å²) < 4.78 is 11.4. The Kier molecular flexibility index (Phi) is 3.27. The number of pyridine rings is 1. The second-order valence-corrected chi connectivity index (χ2v) is 7.46. The first-order chi connectivity index (χ1) is 11.4. The van der Waals surface area contributed by atoms with Crippen LogP contribution in [0.15, 0.2) is 18.3 Å². The number of fused-ring (bicyclic) bond motifs is 2. The van der Waals surface area contributed by atoms with E-state index in [0.29, 0.717) is 23.5 Å².